The number of fused-ring (bicyclic) bond motifs is 1. The van der Waals surface area contributed by atoms with E-state index in [-0.39, 0.29) is 5.91 Å². The van der Waals surface area contributed by atoms with Crippen molar-refractivity contribution < 1.29 is 4.79 Å². The van der Waals surface area contributed by atoms with Crippen LogP contribution in [-0.4, -0.2) is 41.5 Å². The van der Waals surface area contributed by atoms with Crippen molar-refractivity contribution in [2.75, 3.05) is 19.6 Å². The summed E-state index contributed by atoms with van der Waals surface area (Å²) in [6.07, 6.45) is 2.41. The molecule has 25 heavy (non-hydrogen) atoms. The van der Waals surface area contributed by atoms with Crippen molar-refractivity contribution in [1.82, 2.24) is 15.2 Å². The van der Waals surface area contributed by atoms with Gasteiger partial charge in [-0.15, -0.1) is 0 Å². The first-order valence-electron chi connectivity index (χ1n) is 9.34. The fourth-order valence-electron chi connectivity index (χ4n) is 3.73. The molecule has 134 valence electrons. The van der Waals surface area contributed by atoms with Crippen LogP contribution < -0.4 is 5.32 Å². The van der Waals surface area contributed by atoms with Crippen LogP contribution in [0.2, 0.25) is 0 Å². The highest BCUT2D eigenvalue weighted by atomic mass is 16.1. The molecule has 0 aliphatic carbocycles. The standard InChI is InChI=1S/C21H29N3O/c1-14(2)24-9-5-6-17(13-24)12-22-21(25)19-11-16(4)23-20-8-7-15(3)10-18(19)20/h7-8,10-11,14,17H,5-6,9,12-13H2,1-4H3,(H,22,25). The number of piperidine rings is 1. The van der Waals surface area contributed by atoms with Gasteiger partial charge in [0.15, 0.2) is 0 Å². The lowest BCUT2D eigenvalue weighted by Crippen LogP contribution is -2.43. The van der Waals surface area contributed by atoms with E-state index in [4.69, 9.17) is 0 Å². The highest BCUT2D eigenvalue weighted by Gasteiger charge is 2.22. The van der Waals surface area contributed by atoms with Crippen molar-refractivity contribution in [2.24, 2.45) is 5.92 Å². The van der Waals surface area contributed by atoms with Gasteiger partial charge in [-0.1, -0.05) is 11.6 Å². The van der Waals surface area contributed by atoms with Gasteiger partial charge in [0.1, 0.15) is 0 Å². The monoisotopic (exact) mass is 339 g/mol. The summed E-state index contributed by atoms with van der Waals surface area (Å²) >= 11 is 0. The Bertz CT molecular complexity index is 769. The molecule has 0 spiro atoms. The summed E-state index contributed by atoms with van der Waals surface area (Å²) in [7, 11) is 0. The Kier molecular flexibility index (Phi) is 5.38. The molecular formula is C21H29N3O. The van der Waals surface area contributed by atoms with Crippen molar-refractivity contribution in [3.8, 4) is 0 Å². The fraction of sp³-hybridized carbons (Fsp3) is 0.524. The van der Waals surface area contributed by atoms with Gasteiger partial charge in [0.05, 0.1) is 11.1 Å². The summed E-state index contributed by atoms with van der Waals surface area (Å²) < 4.78 is 0. The van der Waals surface area contributed by atoms with E-state index in [9.17, 15) is 4.79 Å². The minimum absolute atomic E-state index is 0.0165. The summed E-state index contributed by atoms with van der Waals surface area (Å²) in [4.78, 5) is 19.9. The average molecular weight is 339 g/mol. The molecule has 1 unspecified atom stereocenters. The second kappa shape index (κ2) is 7.52. The van der Waals surface area contributed by atoms with Gasteiger partial charge < -0.3 is 10.2 Å². The quantitative estimate of drug-likeness (QED) is 0.924. The molecule has 4 heteroatoms. The minimum atomic E-state index is 0.0165. The largest absolute Gasteiger partial charge is 0.352 e. The molecule has 1 saturated heterocycles. The molecule has 1 aromatic heterocycles. The summed E-state index contributed by atoms with van der Waals surface area (Å²) in [5, 5.41) is 4.11. The molecule has 0 bridgehead atoms. The molecule has 1 aliphatic rings. The smallest absolute Gasteiger partial charge is 0.252 e. The summed E-state index contributed by atoms with van der Waals surface area (Å²) in [5.41, 5.74) is 3.65. The zero-order valence-electron chi connectivity index (χ0n) is 15.8. The molecule has 0 saturated carbocycles. The number of nitrogens with zero attached hydrogens (tertiary/aromatic N) is 2. The van der Waals surface area contributed by atoms with Crippen LogP contribution in [0, 0.1) is 19.8 Å². The lowest BCUT2D eigenvalue weighted by Gasteiger charge is -2.35. The molecule has 4 nitrogen and oxygen atoms in total. The highest BCUT2D eigenvalue weighted by molar-refractivity contribution is 6.06. The van der Waals surface area contributed by atoms with Gasteiger partial charge in [-0.3, -0.25) is 9.78 Å². The van der Waals surface area contributed by atoms with Gasteiger partial charge in [0.25, 0.3) is 5.91 Å². The fourth-order valence-corrected chi connectivity index (χ4v) is 3.73. The van der Waals surface area contributed by atoms with E-state index in [0.29, 0.717) is 12.0 Å². The number of aryl methyl sites for hydroxylation is 2. The highest BCUT2D eigenvalue weighted by Crippen LogP contribution is 2.21. The average Bonchev–Trinajstić information content (AvgIpc) is 2.59. The summed E-state index contributed by atoms with van der Waals surface area (Å²) in [6.45, 7) is 11.5. The predicted molar refractivity (Wildman–Crippen MR) is 103 cm³/mol. The Hall–Kier alpha value is -1.94. The first-order valence-corrected chi connectivity index (χ1v) is 9.34. The summed E-state index contributed by atoms with van der Waals surface area (Å²) in [5.74, 6) is 0.554. The van der Waals surface area contributed by atoms with Gasteiger partial charge in [-0.05, 0) is 71.2 Å². The number of hydrogen-bond donors (Lipinski definition) is 1. The van der Waals surface area contributed by atoms with Crippen LogP contribution in [0.4, 0.5) is 0 Å². The Labute approximate surface area is 150 Å². The van der Waals surface area contributed by atoms with Crippen molar-refractivity contribution >= 4 is 16.8 Å². The number of nitrogens with one attached hydrogen (secondary N) is 1. The second-order valence-electron chi connectivity index (χ2n) is 7.64. The molecule has 1 fully saturated rings. The van der Waals surface area contributed by atoms with E-state index in [1.54, 1.807) is 0 Å². The van der Waals surface area contributed by atoms with Crippen LogP contribution >= 0.6 is 0 Å². The van der Waals surface area contributed by atoms with E-state index in [2.05, 4.69) is 35.1 Å². The van der Waals surface area contributed by atoms with E-state index < -0.39 is 0 Å². The third-order valence-corrected chi connectivity index (χ3v) is 5.17. The zero-order chi connectivity index (χ0) is 18.0. The molecule has 1 atom stereocenters. The van der Waals surface area contributed by atoms with Gasteiger partial charge >= 0.3 is 0 Å². The maximum absolute atomic E-state index is 12.8. The lowest BCUT2D eigenvalue weighted by molar-refractivity contribution is 0.0924. The molecule has 1 N–H and O–H groups in total. The topological polar surface area (TPSA) is 45.2 Å². The molecule has 1 aromatic carbocycles. The molecule has 3 rings (SSSR count). The lowest BCUT2D eigenvalue weighted by atomic mass is 9.96. The van der Waals surface area contributed by atoms with Gasteiger partial charge in [0, 0.05) is 30.2 Å². The molecule has 1 amide bonds. The SMILES string of the molecule is Cc1ccc2nc(C)cc(C(=O)NCC3CCCN(C(C)C)C3)c2c1. The number of rotatable bonds is 4. The van der Waals surface area contributed by atoms with E-state index >= 15 is 0 Å². The van der Waals surface area contributed by atoms with Crippen LogP contribution in [-0.2, 0) is 0 Å². The maximum Gasteiger partial charge on any atom is 0.252 e. The van der Waals surface area contributed by atoms with Crippen LogP contribution in [0.25, 0.3) is 10.9 Å². The van der Waals surface area contributed by atoms with Gasteiger partial charge in [-0.2, -0.15) is 0 Å². The van der Waals surface area contributed by atoms with Crippen molar-refractivity contribution in [1.29, 1.82) is 0 Å². The van der Waals surface area contributed by atoms with E-state index in [1.807, 2.05) is 32.0 Å². The van der Waals surface area contributed by atoms with Crippen LogP contribution in [0.3, 0.4) is 0 Å². The number of aromatic nitrogens is 1. The normalized spacial score (nSPS) is 18.7. The van der Waals surface area contributed by atoms with E-state index in [0.717, 1.165) is 40.8 Å². The molecule has 2 heterocycles. The van der Waals surface area contributed by atoms with Crippen molar-refractivity contribution in [2.45, 2.75) is 46.6 Å². The van der Waals surface area contributed by atoms with E-state index in [1.165, 1.54) is 19.4 Å². The van der Waals surface area contributed by atoms with Crippen molar-refractivity contribution in [3.63, 3.8) is 0 Å². The number of benzene rings is 1. The van der Waals surface area contributed by atoms with Crippen LogP contribution in [0.1, 0.15) is 48.3 Å². The molecule has 0 radical (unpaired) electrons. The Balaban J connectivity index is 1.73. The predicted octanol–water partition coefficient (Wildman–Crippen LogP) is 3.70. The number of carbonyl (C=O) groups is 1. The Morgan fingerprint density at radius 1 is 1.32 bits per heavy atom. The molecule has 1 aliphatic heterocycles. The van der Waals surface area contributed by atoms with Gasteiger partial charge in [-0.25, -0.2) is 0 Å². The van der Waals surface area contributed by atoms with Crippen LogP contribution in [0.5, 0.6) is 0 Å². The number of likely N-dealkylation sites (tertiary alicyclic amines) is 1. The maximum atomic E-state index is 12.8. The number of hydrogen-bond acceptors (Lipinski definition) is 3. The number of amides is 1. The third kappa shape index (κ3) is 4.18. The van der Waals surface area contributed by atoms with Gasteiger partial charge in [0.2, 0.25) is 0 Å². The van der Waals surface area contributed by atoms with Crippen molar-refractivity contribution in [3.05, 3.63) is 41.1 Å². The Morgan fingerprint density at radius 3 is 2.88 bits per heavy atom. The second-order valence-corrected chi connectivity index (χ2v) is 7.64. The zero-order valence-corrected chi connectivity index (χ0v) is 15.8. The molecule has 2 aromatic rings. The first-order chi connectivity index (χ1) is 11.9. The first kappa shape index (κ1) is 17.9. The Morgan fingerprint density at radius 2 is 2.12 bits per heavy atom. The number of pyridine rings is 1. The summed E-state index contributed by atoms with van der Waals surface area (Å²) in [6, 6.07) is 8.57. The van der Waals surface area contributed by atoms with Crippen LogP contribution in [0.15, 0.2) is 24.3 Å². The minimum Gasteiger partial charge on any atom is -0.352 e. The number of carbonyl (C=O) groups excluding carboxylic acids is 1. The third-order valence-electron chi connectivity index (χ3n) is 5.17. The molecular weight excluding hydrogens is 310 g/mol.